The standard InChI is InChI=1S/C7H11BN4/c1-8-11(2)6-7(12(8)3)10-5-4-9-6/h4-5H,1-3H3. The summed E-state index contributed by atoms with van der Waals surface area (Å²) in [6.07, 6.45) is 3.45. The molecule has 0 atom stereocenters. The Balaban J connectivity index is 2.52. The Kier molecular flexibility index (Phi) is 1.46. The van der Waals surface area contributed by atoms with Gasteiger partial charge >= 0.3 is 6.98 Å². The molecule has 12 heavy (non-hydrogen) atoms. The number of nitrogens with zero attached hydrogens (tertiary/aromatic N) is 4. The van der Waals surface area contributed by atoms with Gasteiger partial charge < -0.3 is 9.62 Å². The minimum Gasteiger partial charge on any atom is -0.381 e. The molecule has 1 aromatic rings. The summed E-state index contributed by atoms with van der Waals surface area (Å²) in [5.74, 6) is 1.93. The summed E-state index contributed by atoms with van der Waals surface area (Å²) < 4.78 is 0. The predicted octanol–water partition coefficient (Wildman–Crippen LogP) is 0.481. The van der Waals surface area contributed by atoms with E-state index < -0.39 is 0 Å². The number of rotatable bonds is 0. The van der Waals surface area contributed by atoms with Crippen LogP contribution in [0.15, 0.2) is 12.4 Å². The van der Waals surface area contributed by atoms with E-state index >= 15 is 0 Å². The minimum atomic E-state index is 0.349. The molecular formula is C7H11BN4. The van der Waals surface area contributed by atoms with E-state index in [0.29, 0.717) is 6.98 Å². The Labute approximate surface area is 72.3 Å². The highest BCUT2D eigenvalue weighted by molar-refractivity contribution is 6.68. The lowest BCUT2D eigenvalue weighted by Gasteiger charge is -2.17. The van der Waals surface area contributed by atoms with Crippen molar-refractivity contribution in [3.05, 3.63) is 12.4 Å². The fourth-order valence-corrected chi connectivity index (χ4v) is 1.43. The van der Waals surface area contributed by atoms with Gasteiger partial charge in [-0.05, 0) is 20.9 Å². The molecule has 0 N–H and O–H groups in total. The monoisotopic (exact) mass is 162 g/mol. The Morgan fingerprint density at radius 2 is 1.50 bits per heavy atom. The van der Waals surface area contributed by atoms with E-state index in [1.807, 2.05) is 14.1 Å². The van der Waals surface area contributed by atoms with Crippen LogP contribution in [0.2, 0.25) is 6.82 Å². The van der Waals surface area contributed by atoms with E-state index in [4.69, 9.17) is 0 Å². The van der Waals surface area contributed by atoms with Crippen LogP contribution in [0.1, 0.15) is 0 Å². The Bertz CT molecular complexity index is 274. The van der Waals surface area contributed by atoms with Crippen molar-refractivity contribution in [1.82, 2.24) is 9.97 Å². The van der Waals surface area contributed by atoms with Gasteiger partial charge in [0.15, 0.2) is 11.6 Å². The highest BCUT2D eigenvalue weighted by Gasteiger charge is 2.33. The molecular weight excluding hydrogens is 151 g/mol. The van der Waals surface area contributed by atoms with Gasteiger partial charge in [-0.3, -0.25) is 0 Å². The molecule has 0 aromatic carbocycles. The fourth-order valence-electron chi connectivity index (χ4n) is 1.43. The average Bonchev–Trinajstić information content (AvgIpc) is 2.33. The first kappa shape index (κ1) is 7.40. The normalized spacial score (nSPS) is 15.4. The van der Waals surface area contributed by atoms with Gasteiger partial charge in [0.05, 0.1) is 0 Å². The number of anilines is 2. The van der Waals surface area contributed by atoms with E-state index in [-0.39, 0.29) is 0 Å². The smallest absolute Gasteiger partial charge is 0.374 e. The van der Waals surface area contributed by atoms with Crippen LogP contribution in [-0.4, -0.2) is 31.0 Å². The molecule has 2 rings (SSSR count). The summed E-state index contributed by atoms with van der Waals surface area (Å²) in [6, 6.07) is 0. The summed E-state index contributed by atoms with van der Waals surface area (Å²) in [6.45, 7) is 2.48. The van der Waals surface area contributed by atoms with Gasteiger partial charge in [0.25, 0.3) is 0 Å². The number of hydrogen-bond acceptors (Lipinski definition) is 4. The molecule has 0 saturated heterocycles. The van der Waals surface area contributed by atoms with Gasteiger partial charge in [0.2, 0.25) is 0 Å². The average molecular weight is 162 g/mol. The Hall–Kier alpha value is -1.26. The third-order valence-corrected chi connectivity index (χ3v) is 2.45. The molecule has 4 nitrogen and oxygen atoms in total. The first-order valence-corrected chi connectivity index (χ1v) is 3.98. The first-order chi connectivity index (χ1) is 5.72. The molecule has 0 fully saturated rings. The summed E-state index contributed by atoms with van der Waals surface area (Å²) in [4.78, 5) is 12.8. The van der Waals surface area contributed by atoms with Gasteiger partial charge in [-0.2, -0.15) is 0 Å². The van der Waals surface area contributed by atoms with E-state index in [1.54, 1.807) is 12.4 Å². The third kappa shape index (κ3) is 0.791. The van der Waals surface area contributed by atoms with Crippen LogP contribution in [0.3, 0.4) is 0 Å². The molecule has 1 aromatic heterocycles. The lowest BCUT2D eigenvalue weighted by Crippen LogP contribution is -2.41. The molecule has 2 heterocycles. The van der Waals surface area contributed by atoms with Gasteiger partial charge in [0.1, 0.15) is 0 Å². The highest BCUT2D eigenvalue weighted by atomic mass is 15.3. The van der Waals surface area contributed by atoms with Crippen molar-refractivity contribution in [1.29, 1.82) is 0 Å². The molecule has 1 aliphatic rings. The van der Waals surface area contributed by atoms with Crippen LogP contribution in [0.5, 0.6) is 0 Å². The van der Waals surface area contributed by atoms with E-state index in [1.165, 1.54) is 0 Å². The zero-order valence-corrected chi connectivity index (χ0v) is 7.52. The van der Waals surface area contributed by atoms with Crippen molar-refractivity contribution in [2.45, 2.75) is 6.82 Å². The topological polar surface area (TPSA) is 32.3 Å². The van der Waals surface area contributed by atoms with Gasteiger partial charge in [0, 0.05) is 12.4 Å². The Morgan fingerprint density at radius 1 is 1.08 bits per heavy atom. The summed E-state index contributed by atoms with van der Waals surface area (Å²) in [7, 11) is 4.06. The number of aromatic nitrogens is 2. The molecule has 0 aliphatic carbocycles. The van der Waals surface area contributed by atoms with E-state index in [9.17, 15) is 0 Å². The SMILES string of the molecule is CB1N(C)c2nccnc2N1C. The molecule has 62 valence electrons. The van der Waals surface area contributed by atoms with E-state index in [2.05, 4.69) is 26.4 Å². The van der Waals surface area contributed by atoms with Crippen molar-refractivity contribution in [3.63, 3.8) is 0 Å². The zero-order chi connectivity index (χ0) is 8.72. The maximum absolute atomic E-state index is 4.26. The van der Waals surface area contributed by atoms with Crippen molar-refractivity contribution in [2.24, 2.45) is 0 Å². The molecule has 5 heteroatoms. The van der Waals surface area contributed by atoms with Crippen LogP contribution in [0, 0.1) is 0 Å². The molecule has 0 radical (unpaired) electrons. The quantitative estimate of drug-likeness (QED) is 0.519. The highest BCUT2D eigenvalue weighted by Crippen LogP contribution is 2.30. The molecule has 1 aliphatic heterocycles. The first-order valence-electron chi connectivity index (χ1n) is 3.98. The van der Waals surface area contributed by atoms with Crippen molar-refractivity contribution in [2.75, 3.05) is 23.7 Å². The molecule has 0 unspecified atom stereocenters. The zero-order valence-electron chi connectivity index (χ0n) is 7.52. The molecule has 0 saturated carbocycles. The lowest BCUT2D eigenvalue weighted by atomic mass is 9.78. The maximum Gasteiger partial charge on any atom is 0.374 e. The van der Waals surface area contributed by atoms with Crippen LogP contribution < -0.4 is 9.62 Å². The molecule has 0 spiro atoms. The lowest BCUT2D eigenvalue weighted by molar-refractivity contribution is 1.15. The summed E-state index contributed by atoms with van der Waals surface area (Å²) in [5, 5.41) is 0. The second-order valence-corrected chi connectivity index (χ2v) is 3.06. The molecule has 0 amide bonds. The summed E-state index contributed by atoms with van der Waals surface area (Å²) >= 11 is 0. The van der Waals surface area contributed by atoms with Gasteiger partial charge in [-0.1, -0.05) is 0 Å². The van der Waals surface area contributed by atoms with Crippen LogP contribution in [0.4, 0.5) is 11.6 Å². The van der Waals surface area contributed by atoms with Crippen LogP contribution >= 0.6 is 0 Å². The second-order valence-electron chi connectivity index (χ2n) is 3.06. The summed E-state index contributed by atoms with van der Waals surface area (Å²) in [5.41, 5.74) is 0. The van der Waals surface area contributed by atoms with Crippen LogP contribution in [-0.2, 0) is 0 Å². The van der Waals surface area contributed by atoms with Gasteiger partial charge in [-0.25, -0.2) is 9.97 Å². The fraction of sp³-hybridized carbons (Fsp3) is 0.429. The maximum atomic E-state index is 4.26. The van der Waals surface area contributed by atoms with Crippen LogP contribution in [0.25, 0.3) is 0 Å². The van der Waals surface area contributed by atoms with Crippen molar-refractivity contribution in [3.8, 4) is 0 Å². The second kappa shape index (κ2) is 2.37. The van der Waals surface area contributed by atoms with E-state index in [0.717, 1.165) is 11.6 Å². The van der Waals surface area contributed by atoms with Crippen molar-refractivity contribution >= 4 is 18.6 Å². The minimum absolute atomic E-state index is 0.349. The number of hydrogen-bond donors (Lipinski definition) is 0. The largest absolute Gasteiger partial charge is 0.381 e. The third-order valence-electron chi connectivity index (χ3n) is 2.45. The molecule has 0 bridgehead atoms. The van der Waals surface area contributed by atoms with Crippen molar-refractivity contribution < 1.29 is 0 Å². The Morgan fingerprint density at radius 3 is 1.92 bits per heavy atom. The van der Waals surface area contributed by atoms with Gasteiger partial charge in [-0.15, -0.1) is 0 Å². The number of fused-ring (bicyclic) bond motifs is 1. The predicted molar refractivity (Wildman–Crippen MR) is 50.5 cm³/mol.